The molecule has 2 aliphatic heterocycles. The first-order chi connectivity index (χ1) is 16.1. The molecule has 0 saturated heterocycles. The Labute approximate surface area is 189 Å². The molecule has 2 aromatic heterocycles. The van der Waals surface area contributed by atoms with E-state index in [4.69, 9.17) is 4.74 Å². The maximum atomic E-state index is 14.1. The quantitative estimate of drug-likeness (QED) is 0.527. The molecule has 2 aliphatic rings. The number of aromatic nitrogens is 3. The Morgan fingerprint density at radius 1 is 1.12 bits per heavy atom. The van der Waals surface area contributed by atoms with Gasteiger partial charge in [-0.1, -0.05) is 6.07 Å². The van der Waals surface area contributed by atoms with Crippen LogP contribution in [0, 0.1) is 6.92 Å². The van der Waals surface area contributed by atoms with Crippen LogP contribution < -0.4 is 15.0 Å². The molecule has 0 aliphatic carbocycles. The lowest BCUT2D eigenvalue weighted by Gasteiger charge is -2.29. The number of imidazole rings is 1. The number of amides is 1. The van der Waals surface area contributed by atoms with Crippen molar-refractivity contribution >= 4 is 5.91 Å². The van der Waals surface area contributed by atoms with Gasteiger partial charge in [0.05, 0.1) is 18.6 Å². The summed E-state index contributed by atoms with van der Waals surface area (Å²) in [6.07, 6.45) is -1.47. The number of hydrogen-bond acceptors (Lipinski definition) is 5. The molecule has 3 aromatic rings. The maximum Gasteiger partial charge on any atom is 0.469 e. The highest BCUT2D eigenvalue weighted by Crippen LogP contribution is 2.56. The summed E-state index contributed by atoms with van der Waals surface area (Å²) in [4.78, 5) is 31.3. The van der Waals surface area contributed by atoms with Gasteiger partial charge in [0.25, 0.3) is 11.5 Å². The zero-order chi connectivity index (χ0) is 24.3. The van der Waals surface area contributed by atoms with Gasteiger partial charge in [-0.3, -0.25) is 9.59 Å². The molecule has 4 heterocycles. The van der Waals surface area contributed by atoms with E-state index in [1.165, 1.54) is 34.0 Å². The Bertz CT molecular complexity index is 1350. The average Bonchev–Trinajstić information content (AvgIpc) is 3.28. The normalized spacial score (nSPS) is 17.8. The van der Waals surface area contributed by atoms with Crippen LogP contribution in [0.25, 0.3) is 5.69 Å². The number of hydrogen-bond donors (Lipinski definition) is 0. The topological polar surface area (TPSA) is 78.6 Å². The molecule has 0 saturated carbocycles. The number of carbonyl (C=O) groups is 1. The molecule has 12 heteroatoms. The second kappa shape index (κ2) is 7.61. The monoisotopic (exact) mass is 478 g/mol. The van der Waals surface area contributed by atoms with Gasteiger partial charge in [0.2, 0.25) is 0 Å². The number of carbonyl (C=O) groups excluding carboxylic acids is 1. The van der Waals surface area contributed by atoms with Crippen LogP contribution in [0.1, 0.15) is 21.7 Å². The fourth-order valence-corrected chi connectivity index (χ4v) is 4.06. The molecule has 0 spiro atoms. The van der Waals surface area contributed by atoms with Crippen molar-refractivity contribution in [1.82, 2.24) is 19.0 Å². The van der Waals surface area contributed by atoms with Crippen molar-refractivity contribution in [3.8, 4) is 17.2 Å². The first-order valence-corrected chi connectivity index (χ1v) is 10.3. The third kappa shape index (κ3) is 3.32. The smallest absolute Gasteiger partial charge is 0.469 e. The van der Waals surface area contributed by atoms with E-state index in [2.05, 4.69) is 9.72 Å². The van der Waals surface area contributed by atoms with Gasteiger partial charge in [-0.15, -0.1) is 0 Å². The number of benzene rings is 1. The third-order valence-corrected chi connectivity index (χ3v) is 5.77. The van der Waals surface area contributed by atoms with E-state index in [1.54, 1.807) is 17.7 Å². The minimum Gasteiger partial charge on any atom is -0.491 e. The van der Waals surface area contributed by atoms with Gasteiger partial charge >= 0.3 is 12.0 Å². The van der Waals surface area contributed by atoms with E-state index in [-0.39, 0.29) is 37.5 Å². The Morgan fingerprint density at radius 2 is 1.91 bits per heavy atom. The highest BCUT2D eigenvalue weighted by molar-refractivity contribution is 5.93. The van der Waals surface area contributed by atoms with Crippen LogP contribution in [0.5, 0.6) is 11.5 Å². The molecule has 0 N–H and O–H groups in total. The van der Waals surface area contributed by atoms with Crippen molar-refractivity contribution in [3.63, 3.8) is 0 Å². The lowest BCUT2D eigenvalue weighted by Crippen LogP contribution is -2.46. The van der Waals surface area contributed by atoms with Gasteiger partial charge in [-0.2, -0.15) is 17.6 Å². The predicted octanol–water partition coefficient (Wildman–Crippen LogP) is 2.95. The molecular weight excluding hydrogens is 460 g/mol. The lowest BCUT2D eigenvalue weighted by atomic mass is 10.1. The summed E-state index contributed by atoms with van der Waals surface area (Å²) < 4.78 is 67.8. The number of halogens is 4. The number of rotatable bonds is 5. The van der Waals surface area contributed by atoms with Crippen molar-refractivity contribution in [2.45, 2.75) is 25.5 Å². The highest BCUT2D eigenvalue weighted by atomic mass is 19.3. The molecule has 0 atom stereocenters. The fourth-order valence-electron chi connectivity index (χ4n) is 4.06. The molecule has 5 rings (SSSR count). The van der Waals surface area contributed by atoms with Crippen LogP contribution >= 0.6 is 0 Å². The minimum atomic E-state index is -4.68. The SMILES string of the molecule is Cc1cn(-c2ccc3n(c2=O)CCN(CCOc2cccc4c2C(F)(F)C(F)(F)O4)C3=O)cn1. The summed E-state index contributed by atoms with van der Waals surface area (Å²) in [5.41, 5.74) is -0.100. The van der Waals surface area contributed by atoms with Crippen LogP contribution in [0.2, 0.25) is 0 Å². The van der Waals surface area contributed by atoms with Crippen LogP contribution in [0.3, 0.4) is 0 Å². The molecule has 0 bridgehead atoms. The van der Waals surface area contributed by atoms with Crippen LogP contribution in [0.15, 0.2) is 47.7 Å². The Morgan fingerprint density at radius 3 is 2.65 bits per heavy atom. The zero-order valence-electron chi connectivity index (χ0n) is 17.8. The number of nitrogens with zero attached hydrogens (tertiary/aromatic N) is 4. The van der Waals surface area contributed by atoms with Gasteiger partial charge < -0.3 is 23.5 Å². The average molecular weight is 478 g/mol. The number of alkyl halides is 4. The molecule has 0 radical (unpaired) electrons. The summed E-state index contributed by atoms with van der Waals surface area (Å²) in [5, 5.41) is 0. The van der Waals surface area contributed by atoms with E-state index in [0.717, 1.165) is 17.8 Å². The minimum absolute atomic E-state index is 0.00196. The van der Waals surface area contributed by atoms with Gasteiger partial charge in [-0.05, 0) is 31.2 Å². The Kier molecular flexibility index (Phi) is 4.92. The number of aryl methyl sites for hydroxylation is 1. The summed E-state index contributed by atoms with van der Waals surface area (Å²) in [7, 11) is 0. The molecule has 1 amide bonds. The van der Waals surface area contributed by atoms with Crippen molar-refractivity contribution < 1.29 is 31.8 Å². The van der Waals surface area contributed by atoms with Crippen LogP contribution in [-0.4, -0.2) is 50.7 Å². The standard InChI is InChI=1S/C22H18F4N4O4/c1-13-11-29(12-27-13)14-5-6-15-19(31)28(7-8-30(15)20(14)32)9-10-33-16-3-2-4-17-18(16)21(23,24)22(25,26)34-17/h2-6,11-12H,7-10H2,1H3. The summed E-state index contributed by atoms with van der Waals surface area (Å²) in [5.74, 6) is -6.08. The number of ether oxygens (including phenoxy) is 2. The molecular formula is C22H18F4N4O4. The summed E-state index contributed by atoms with van der Waals surface area (Å²) in [6, 6.07) is 6.48. The van der Waals surface area contributed by atoms with Gasteiger partial charge in [0, 0.05) is 19.3 Å². The number of fused-ring (bicyclic) bond motifs is 2. The molecule has 0 fully saturated rings. The first-order valence-electron chi connectivity index (χ1n) is 10.3. The zero-order valence-corrected chi connectivity index (χ0v) is 17.8. The van der Waals surface area contributed by atoms with Crippen molar-refractivity contribution in [2.75, 3.05) is 19.7 Å². The van der Waals surface area contributed by atoms with Crippen molar-refractivity contribution in [1.29, 1.82) is 0 Å². The first kappa shape index (κ1) is 22.0. The van der Waals surface area contributed by atoms with E-state index < -0.39 is 35.0 Å². The van der Waals surface area contributed by atoms with Gasteiger partial charge in [-0.25, -0.2) is 4.98 Å². The molecule has 178 valence electrons. The van der Waals surface area contributed by atoms with Crippen LogP contribution in [-0.2, 0) is 12.5 Å². The summed E-state index contributed by atoms with van der Waals surface area (Å²) >= 11 is 0. The molecule has 1 aromatic carbocycles. The maximum absolute atomic E-state index is 14.1. The van der Waals surface area contributed by atoms with E-state index in [0.29, 0.717) is 5.69 Å². The van der Waals surface area contributed by atoms with Gasteiger partial charge in [0.1, 0.15) is 35.1 Å². The van der Waals surface area contributed by atoms with Crippen molar-refractivity contribution in [2.24, 2.45) is 0 Å². The predicted molar refractivity (Wildman–Crippen MR) is 110 cm³/mol. The van der Waals surface area contributed by atoms with E-state index in [9.17, 15) is 27.2 Å². The largest absolute Gasteiger partial charge is 0.491 e. The van der Waals surface area contributed by atoms with Crippen LogP contribution in [0.4, 0.5) is 17.6 Å². The third-order valence-electron chi connectivity index (χ3n) is 5.77. The fraction of sp³-hybridized carbons (Fsp3) is 0.318. The molecule has 34 heavy (non-hydrogen) atoms. The van der Waals surface area contributed by atoms with Crippen molar-refractivity contribution in [3.05, 3.63) is 70.2 Å². The van der Waals surface area contributed by atoms with E-state index in [1.807, 2.05) is 0 Å². The Balaban J connectivity index is 1.30. The Hall–Kier alpha value is -3.83. The van der Waals surface area contributed by atoms with Gasteiger partial charge in [0.15, 0.2) is 0 Å². The molecule has 8 nitrogen and oxygen atoms in total. The molecule has 0 unspecified atom stereocenters. The second-order valence-corrected chi connectivity index (χ2v) is 7.95. The van der Waals surface area contributed by atoms with E-state index >= 15 is 0 Å². The highest BCUT2D eigenvalue weighted by Gasteiger charge is 2.68. The number of pyridine rings is 1. The summed E-state index contributed by atoms with van der Waals surface area (Å²) in [6.45, 7) is 1.98. The lowest BCUT2D eigenvalue weighted by molar-refractivity contribution is -0.296. The second-order valence-electron chi connectivity index (χ2n) is 7.95.